The lowest BCUT2D eigenvalue weighted by molar-refractivity contribution is -0.0874. The first-order valence-corrected chi connectivity index (χ1v) is 12.3. The van der Waals surface area contributed by atoms with Crippen LogP contribution in [-0.4, -0.2) is 20.3 Å². The Balaban J connectivity index is 1.31. The summed E-state index contributed by atoms with van der Waals surface area (Å²) in [6, 6.07) is 0. The van der Waals surface area contributed by atoms with Gasteiger partial charge in [-0.3, -0.25) is 0 Å². The molecule has 4 aliphatic rings. The van der Waals surface area contributed by atoms with E-state index in [2.05, 4.69) is 40.6 Å². The summed E-state index contributed by atoms with van der Waals surface area (Å²) in [4.78, 5) is 4.20. The summed E-state index contributed by atoms with van der Waals surface area (Å²) in [5, 5.41) is 13.3. The highest BCUT2D eigenvalue weighted by molar-refractivity contribution is 6.30. The fourth-order valence-electron chi connectivity index (χ4n) is 8.48. The van der Waals surface area contributed by atoms with Crippen molar-refractivity contribution in [3.05, 3.63) is 30.9 Å². The van der Waals surface area contributed by atoms with Gasteiger partial charge in [0.15, 0.2) is 0 Å². The van der Waals surface area contributed by atoms with Crippen LogP contribution in [-0.2, 0) is 6.54 Å². The lowest BCUT2D eigenvalue weighted by Crippen LogP contribution is -2.50. The smallest absolute Gasteiger partial charge is 0.127 e. The SMILES string of the molecule is C=C(Cn1ccnc1)[C@H]1CC[C@H]2[C@@H]3CC[C@H]4C[C@](O)(C#CCl)CC[C@@H]4[C@H]3CC[C@]12C. The largest absolute Gasteiger partial charge is 0.378 e. The zero-order chi connectivity index (χ0) is 20.9. The molecule has 4 fully saturated rings. The molecule has 0 spiro atoms. The molecule has 1 aromatic rings. The van der Waals surface area contributed by atoms with Crippen molar-refractivity contribution in [1.29, 1.82) is 0 Å². The number of aromatic nitrogens is 2. The first-order valence-electron chi connectivity index (χ1n) is 11.9. The van der Waals surface area contributed by atoms with Crippen LogP contribution in [0.4, 0.5) is 0 Å². The Bertz CT molecular complexity index is 854. The molecular weight excluding hydrogens is 392 g/mol. The van der Waals surface area contributed by atoms with Crippen LogP contribution in [0.15, 0.2) is 30.9 Å². The average Bonchev–Trinajstić information content (AvgIpc) is 3.34. The Morgan fingerprint density at radius 1 is 1.17 bits per heavy atom. The molecule has 1 heterocycles. The fourth-order valence-corrected chi connectivity index (χ4v) is 8.65. The second kappa shape index (κ2) is 7.72. The summed E-state index contributed by atoms with van der Waals surface area (Å²) in [7, 11) is 0. The third-order valence-electron chi connectivity index (χ3n) is 9.73. The van der Waals surface area contributed by atoms with Gasteiger partial charge in [0, 0.05) is 24.3 Å². The normalized spacial score (nSPS) is 44.9. The first-order chi connectivity index (χ1) is 14.4. The highest BCUT2D eigenvalue weighted by Crippen LogP contribution is 2.65. The fraction of sp³-hybridized carbons (Fsp3) is 0.731. The zero-order valence-electron chi connectivity index (χ0n) is 18.2. The minimum atomic E-state index is -0.845. The monoisotopic (exact) mass is 426 g/mol. The maximum absolute atomic E-state index is 10.8. The van der Waals surface area contributed by atoms with E-state index in [4.69, 9.17) is 11.6 Å². The van der Waals surface area contributed by atoms with E-state index in [1.165, 1.54) is 44.1 Å². The van der Waals surface area contributed by atoms with Gasteiger partial charge in [0.05, 0.1) is 6.33 Å². The third-order valence-corrected chi connectivity index (χ3v) is 9.82. The van der Waals surface area contributed by atoms with E-state index in [9.17, 15) is 5.11 Å². The maximum Gasteiger partial charge on any atom is 0.127 e. The van der Waals surface area contributed by atoms with Crippen molar-refractivity contribution in [3.8, 4) is 11.3 Å². The summed E-state index contributed by atoms with van der Waals surface area (Å²) in [6.07, 6.45) is 16.5. The minimum absolute atomic E-state index is 0.408. The molecule has 8 atom stereocenters. The quantitative estimate of drug-likeness (QED) is 0.501. The van der Waals surface area contributed by atoms with Crippen molar-refractivity contribution in [2.75, 3.05) is 0 Å². The molecule has 1 N–H and O–H groups in total. The van der Waals surface area contributed by atoms with Crippen LogP contribution < -0.4 is 0 Å². The standard InChI is InChI=1S/C26H35ClN2O/c1-18(16-29-14-13-28-17-29)23-5-6-24-22-4-3-19-15-26(30,11-12-27)10-8-20(19)21(22)7-9-25(23,24)2/h13-14,17,19-24,30H,1,3-10,15-16H2,2H3/t19-,20-,21+,22+,23+,24-,25+,26+/m0/s1. The van der Waals surface area contributed by atoms with Crippen molar-refractivity contribution in [1.82, 2.24) is 9.55 Å². The predicted octanol–water partition coefficient (Wildman–Crippen LogP) is 5.64. The van der Waals surface area contributed by atoms with Crippen LogP contribution in [0.2, 0.25) is 0 Å². The summed E-state index contributed by atoms with van der Waals surface area (Å²) >= 11 is 5.64. The maximum atomic E-state index is 10.8. The summed E-state index contributed by atoms with van der Waals surface area (Å²) in [6.45, 7) is 8.04. The highest BCUT2D eigenvalue weighted by atomic mass is 35.5. The number of rotatable bonds is 3. The molecule has 0 unspecified atom stereocenters. The Morgan fingerprint density at radius 2 is 2.00 bits per heavy atom. The van der Waals surface area contributed by atoms with E-state index >= 15 is 0 Å². The number of halogens is 1. The van der Waals surface area contributed by atoms with Crippen LogP contribution in [0.3, 0.4) is 0 Å². The lowest BCUT2D eigenvalue weighted by Gasteiger charge is -2.57. The second-order valence-electron chi connectivity index (χ2n) is 11.0. The minimum Gasteiger partial charge on any atom is -0.378 e. The number of fused-ring (bicyclic) bond motifs is 5. The molecule has 4 aliphatic carbocycles. The lowest BCUT2D eigenvalue weighted by atomic mass is 9.48. The van der Waals surface area contributed by atoms with Gasteiger partial charge in [-0.15, -0.1) is 0 Å². The topological polar surface area (TPSA) is 38.0 Å². The summed E-state index contributed by atoms with van der Waals surface area (Å²) in [5.74, 6) is 7.48. The van der Waals surface area contributed by atoms with Crippen LogP contribution in [0, 0.1) is 52.2 Å². The second-order valence-corrected chi connectivity index (χ2v) is 11.2. The number of aliphatic hydroxyl groups is 1. The molecule has 0 radical (unpaired) electrons. The molecule has 4 heteroatoms. The van der Waals surface area contributed by atoms with Gasteiger partial charge in [0.25, 0.3) is 0 Å². The van der Waals surface area contributed by atoms with Crippen LogP contribution >= 0.6 is 11.6 Å². The molecule has 0 aromatic carbocycles. The van der Waals surface area contributed by atoms with Gasteiger partial charge in [-0.05, 0) is 110 Å². The number of hydrogen-bond donors (Lipinski definition) is 1. The van der Waals surface area contributed by atoms with Crippen molar-refractivity contribution < 1.29 is 5.11 Å². The van der Waals surface area contributed by atoms with Gasteiger partial charge in [0.2, 0.25) is 0 Å². The predicted molar refractivity (Wildman–Crippen MR) is 121 cm³/mol. The van der Waals surface area contributed by atoms with Gasteiger partial charge in [0.1, 0.15) is 5.60 Å². The summed E-state index contributed by atoms with van der Waals surface area (Å²) < 4.78 is 2.17. The molecule has 0 aliphatic heterocycles. The van der Waals surface area contributed by atoms with E-state index in [0.29, 0.717) is 17.3 Å². The van der Waals surface area contributed by atoms with Gasteiger partial charge in [-0.25, -0.2) is 4.98 Å². The molecule has 0 amide bonds. The van der Waals surface area contributed by atoms with E-state index in [-0.39, 0.29) is 0 Å². The Hall–Kier alpha value is -1.24. The highest BCUT2D eigenvalue weighted by Gasteiger charge is 2.57. The van der Waals surface area contributed by atoms with Crippen LogP contribution in [0.25, 0.3) is 0 Å². The Kier molecular flexibility index (Phi) is 5.31. The molecule has 1 aromatic heterocycles. The molecular formula is C26H35ClN2O. The van der Waals surface area contributed by atoms with E-state index in [0.717, 1.165) is 49.5 Å². The summed E-state index contributed by atoms with van der Waals surface area (Å²) in [5.41, 5.74) is 0.959. The number of hydrogen-bond acceptors (Lipinski definition) is 2. The zero-order valence-corrected chi connectivity index (χ0v) is 18.9. The molecule has 5 rings (SSSR count). The number of allylic oxidation sites excluding steroid dienone is 1. The first kappa shape index (κ1) is 20.7. The van der Waals surface area contributed by atoms with Crippen molar-refractivity contribution in [3.63, 3.8) is 0 Å². The molecule has 4 saturated carbocycles. The molecule has 0 bridgehead atoms. The molecule has 0 saturated heterocycles. The van der Waals surface area contributed by atoms with Crippen LogP contribution in [0.1, 0.15) is 64.7 Å². The van der Waals surface area contributed by atoms with Gasteiger partial charge in [-0.1, -0.05) is 25.0 Å². The molecule has 3 nitrogen and oxygen atoms in total. The number of imidazole rings is 1. The van der Waals surface area contributed by atoms with E-state index in [1.54, 1.807) is 0 Å². The van der Waals surface area contributed by atoms with Gasteiger partial charge in [-0.2, -0.15) is 0 Å². The number of nitrogens with zero attached hydrogens (tertiary/aromatic N) is 2. The van der Waals surface area contributed by atoms with Gasteiger partial charge >= 0.3 is 0 Å². The molecule has 162 valence electrons. The van der Waals surface area contributed by atoms with Crippen molar-refractivity contribution in [2.24, 2.45) is 40.9 Å². The van der Waals surface area contributed by atoms with Crippen LogP contribution in [0.5, 0.6) is 0 Å². The van der Waals surface area contributed by atoms with E-state index < -0.39 is 5.60 Å². The van der Waals surface area contributed by atoms with E-state index in [1.807, 2.05) is 12.5 Å². The molecule has 30 heavy (non-hydrogen) atoms. The van der Waals surface area contributed by atoms with Crippen molar-refractivity contribution >= 4 is 11.6 Å². The van der Waals surface area contributed by atoms with Crippen molar-refractivity contribution in [2.45, 2.75) is 76.9 Å². The average molecular weight is 427 g/mol. The Labute approximate surface area is 186 Å². The Morgan fingerprint density at radius 3 is 2.77 bits per heavy atom. The van der Waals surface area contributed by atoms with Gasteiger partial charge < -0.3 is 9.67 Å². The third kappa shape index (κ3) is 3.35.